The summed E-state index contributed by atoms with van der Waals surface area (Å²) >= 11 is -0.556. The Labute approximate surface area is 228 Å². The maximum absolute atomic E-state index is 11.0. The summed E-state index contributed by atoms with van der Waals surface area (Å²) in [6.07, 6.45) is 3.32. The maximum atomic E-state index is 11.0. The zero-order chi connectivity index (χ0) is 26.0. The molecule has 0 unspecified atom stereocenters. The Morgan fingerprint density at radius 2 is 1.22 bits per heavy atom. The number of hydrogen-bond acceptors (Lipinski definition) is 4. The van der Waals surface area contributed by atoms with Gasteiger partial charge in [0.2, 0.25) is 0 Å². The molecule has 4 rings (SSSR count). The van der Waals surface area contributed by atoms with E-state index in [1.807, 2.05) is 105 Å². The van der Waals surface area contributed by atoms with Gasteiger partial charge in [-0.1, -0.05) is 68.4 Å². The van der Waals surface area contributed by atoms with Crippen LogP contribution < -0.4 is 0 Å². The van der Waals surface area contributed by atoms with Crippen LogP contribution in [0.25, 0.3) is 0 Å². The van der Waals surface area contributed by atoms with Crippen molar-refractivity contribution in [3.05, 3.63) is 119 Å². The number of aromatic hydroxyl groups is 2. The summed E-state index contributed by atoms with van der Waals surface area (Å²) < 4.78 is 0. The minimum absolute atomic E-state index is 0.140. The van der Waals surface area contributed by atoms with Crippen molar-refractivity contribution in [1.82, 2.24) is 0 Å². The topological polar surface area (TPSA) is 65.2 Å². The van der Waals surface area contributed by atoms with Gasteiger partial charge in [0.1, 0.15) is 11.5 Å². The predicted octanol–water partition coefficient (Wildman–Crippen LogP) is 8.30. The van der Waals surface area contributed by atoms with Crippen molar-refractivity contribution in [1.29, 1.82) is 0 Å². The molecule has 0 radical (unpaired) electrons. The van der Waals surface area contributed by atoms with Gasteiger partial charge >= 0.3 is 35.6 Å². The van der Waals surface area contributed by atoms with Crippen LogP contribution in [0.2, 0.25) is 0 Å². The normalized spacial score (nSPS) is 11.3. The summed E-state index contributed by atoms with van der Waals surface area (Å²) in [5.74, 6) is 0.318. The number of hydrogen-bond donors (Lipinski definition) is 2. The van der Waals surface area contributed by atoms with Crippen molar-refractivity contribution in [3.8, 4) is 11.5 Å². The Morgan fingerprint density at radius 1 is 0.694 bits per heavy atom. The molecule has 4 nitrogen and oxygen atoms in total. The number of nitrogens with zero attached hydrogens (tertiary/aromatic N) is 2. The van der Waals surface area contributed by atoms with E-state index in [9.17, 15) is 10.2 Å². The molecule has 7 heteroatoms. The van der Waals surface area contributed by atoms with Gasteiger partial charge in [-0.3, -0.25) is 9.98 Å². The second kappa shape index (κ2) is 13.4. The summed E-state index contributed by atoms with van der Waals surface area (Å²) in [6.45, 7) is 4.04. The van der Waals surface area contributed by atoms with E-state index in [4.69, 9.17) is 18.6 Å². The molecule has 36 heavy (non-hydrogen) atoms. The Kier molecular flexibility index (Phi) is 10.3. The van der Waals surface area contributed by atoms with Gasteiger partial charge in [0.25, 0.3) is 0 Å². The molecule has 0 fully saturated rings. The van der Waals surface area contributed by atoms with E-state index < -0.39 is 22.4 Å². The number of rotatable bonds is 6. The Hall–Kier alpha value is -2.89. The molecule has 0 saturated carbocycles. The number of aliphatic imine (C=N–C) groups is 2. The fraction of sp³-hybridized carbons (Fsp3) is 0.103. The molecule has 0 amide bonds. The molecule has 0 bridgehead atoms. The van der Waals surface area contributed by atoms with Crippen LogP contribution in [0.15, 0.2) is 107 Å². The van der Waals surface area contributed by atoms with Crippen LogP contribution in [0.5, 0.6) is 11.5 Å². The van der Waals surface area contributed by atoms with Gasteiger partial charge < -0.3 is 10.2 Å². The van der Waals surface area contributed by atoms with Gasteiger partial charge in [-0.05, 0) is 48.0 Å². The van der Waals surface area contributed by atoms with E-state index in [-0.39, 0.29) is 11.5 Å². The van der Waals surface area contributed by atoms with E-state index in [0.717, 1.165) is 22.5 Å². The molecular formula is C29H26Cl2N2O2Ti. The summed E-state index contributed by atoms with van der Waals surface area (Å²) in [5, 5.41) is 21.7. The van der Waals surface area contributed by atoms with Gasteiger partial charge in [0.05, 0.1) is 11.4 Å². The van der Waals surface area contributed by atoms with Crippen molar-refractivity contribution >= 4 is 42.4 Å². The second-order valence-electron chi connectivity index (χ2n) is 8.40. The monoisotopic (exact) mass is 552 g/mol. The van der Waals surface area contributed by atoms with Gasteiger partial charge in [-0.2, -0.15) is 0 Å². The van der Waals surface area contributed by atoms with E-state index >= 15 is 0 Å². The third-order valence-electron chi connectivity index (χ3n) is 5.71. The van der Waals surface area contributed by atoms with Crippen LogP contribution >= 0.6 is 18.6 Å². The summed E-state index contributed by atoms with van der Waals surface area (Å²) in [6, 6.07) is 30.4. The molecular weight excluding hydrogens is 527 g/mol. The number of para-hydroxylation sites is 3. The molecule has 0 aliphatic carbocycles. The molecule has 0 spiro atoms. The molecule has 0 aliphatic heterocycles. The van der Waals surface area contributed by atoms with Crippen molar-refractivity contribution in [3.63, 3.8) is 0 Å². The number of phenolic OH excluding ortho intramolecular Hbond substituents is 2. The fourth-order valence-electron chi connectivity index (χ4n) is 3.68. The minimum atomic E-state index is -0.556. The van der Waals surface area contributed by atoms with Crippen LogP contribution in [-0.4, -0.2) is 22.6 Å². The van der Waals surface area contributed by atoms with Crippen molar-refractivity contribution in [2.45, 2.75) is 19.3 Å². The van der Waals surface area contributed by atoms with Gasteiger partial charge in [0.15, 0.2) is 0 Å². The third-order valence-corrected chi connectivity index (χ3v) is 5.71. The van der Waals surface area contributed by atoms with Crippen LogP contribution in [0.4, 0.5) is 11.4 Å². The first kappa shape index (κ1) is 27.7. The molecule has 0 atom stereocenters. The second-order valence-corrected chi connectivity index (χ2v) is 11.0. The Bertz CT molecular complexity index is 1330. The molecule has 0 aromatic heterocycles. The summed E-state index contributed by atoms with van der Waals surface area (Å²) in [7, 11) is 9.78. The first-order valence-corrected chi connectivity index (χ1v) is 15.5. The van der Waals surface area contributed by atoms with Gasteiger partial charge in [0, 0.05) is 34.5 Å². The first-order valence-electron chi connectivity index (χ1n) is 11.2. The third kappa shape index (κ3) is 7.31. The molecule has 0 heterocycles. The number of phenols is 2. The van der Waals surface area contributed by atoms with Crippen LogP contribution in [0.3, 0.4) is 0 Å². The van der Waals surface area contributed by atoms with Crippen LogP contribution in [0.1, 0.15) is 36.1 Å². The Morgan fingerprint density at radius 3 is 1.75 bits per heavy atom. The van der Waals surface area contributed by atoms with Crippen molar-refractivity contribution < 1.29 is 27.2 Å². The van der Waals surface area contributed by atoms with E-state index in [1.165, 1.54) is 0 Å². The van der Waals surface area contributed by atoms with Crippen molar-refractivity contribution in [2.75, 3.05) is 0 Å². The van der Waals surface area contributed by atoms with E-state index in [0.29, 0.717) is 11.1 Å². The SMILES string of the molecule is CC(C)(c1ccc(C=Nc2ccccc2)c(O)c1)c1cccc(C=Nc2ccccc2)c1O.[Cl][Ti][Cl]. The average molecular weight is 553 g/mol. The molecule has 4 aromatic carbocycles. The molecule has 0 aliphatic rings. The Balaban J connectivity index is 0.00000115. The van der Waals surface area contributed by atoms with Crippen LogP contribution in [0, 0.1) is 0 Å². The molecule has 2 N–H and O–H groups in total. The van der Waals surface area contributed by atoms with E-state index in [1.54, 1.807) is 18.5 Å². The van der Waals surface area contributed by atoms with E-state index in [2.05, 4.69) is 9.98 Å². The number of halogens is 2. The van der Waals surface area contributed by atoms with Crippen molar-refractivity contribution in [2.24, 2.45) is 9.98 Å². The zero-order valence-corrected chi connectivity index (χ0v) is 23.0. The molecule has 0 saturated heterocycles. The summed E-state index contributed by atoms with van der Waals surface area (Å²) in [5.41, 5.74) is 3.99. The predicted molar refractivity (Wildman–Crippen MR) is 147 cm³/mol. The molecule has 182 valence electrons. The molecule has 4 aromatic rings. The standard InChI is InChI=1S/C29H26N2O2.2ClH.Ti/c1-29(2,23-17-16-21(27(32)18-23)19-30-24-11-5-3-6-12-24)26-15-9-10-22(28(26)33)20-31-25-13-7-4-8-14-25;;;/h3-20,32-33H,1-2H3;2*1H;/q;;;+2/p-2. The number of benzene rings is 4. The summed E-state index contributed by atoms with van der Waals surface area (Å²) in [4.78, 5) is 8.88. The first-order chi connectivity index (χ1) is 17.4. The zero-order valence-electron chi connectivity index (χ0n) is 19.9. The average Bonchev–Trinajstić information content (AvgIpc) is 2.89. The quantitative estimate of drug-likeness (QED) is 0.186. The van der Waals surface area contributed by atoms with Gasteiger partial charge in [-0.15, -0.1) is 0 Å². The van der Waals surface area contributed by atoms with Crippen LogP contribution in [-0.2, 0) is 22.4 Å². The van der Waals surface area contributed by atoms with Gasteiger partial charge in [-0.25, -0.2) is 0 Å². The fourth-order valence-corrected chi connectivity index (χ4v) is 3.68.